The van der Waals surface area contributed by atoms with E-state index in [0.29, 0.717) is 11.1 Å². The summed E-state index contributed by atoms with van der Waals surface area (Å²) in [6.45, 7) is 0. The summed E-state index contributed by atoms with van der Waals surface area (Å²) in [4.78, 5) is 14.3. The van der Waals surface area contributed by atoms with E-state index in [1.807, 2.05) is 0 Å². The molecule has 9 N–H and O–H groups in total. The van der Waals surface area contributed by atoms with Crippen LogP contribution >= 0.6 is 11.8 Å². The SMILES string of the molecule is N=C(N=C(N)N)SCc1cc(C(N)C(=O)O)ccc1O. The predicted octanol–water partition coefficient (Wildman–Crippen LogP) is -0.0820. The van der Waals surface area contributed by atoms with E-state index in [-0.39, 0.29) is 22.6 Å². The van der Waals surface area contributed by atoms with E-state index >= 15 is 0 Å². The van der Waals surface area contributed by atoms with Crippen molar-refractivity contribution in [3.05, 3.63) is 29.3 Å². The van der Waals surface area contributed by atoms with Gasteiger partial charge in [0.15, 0.2) is 11.1 Å². The number of hydrogen-bond donors (Lipinski definition) is 6. The number of amidine groups is 1. The van der Waals surface area contributed by atoms with E-state index in [9.17, 15) is 9.90 Å². The fourth-order valence-corrected chi connectivity index (χ4v) is 2.05. The van der Waals surface area contributed by atoms with Gasteiger partial charge in [-0.15, -0.1) is 0 Å². The second kappa shape index (κ2) is 6.78. The third-order valence-electron chi connectivity index (χ3n) is 2.32. The molecule has 0 aliphatic carbocycles. The Morgan fingerprint density at radius 2 is 2.10 bits per heavy atom. The number of nitrogens with two attached hydrogens (primary N) is 3. The summed E-state index contributed by atoms with van der Waals surface area (Å²) in [6.07, 6.45) is 0. The van der Waals surface area contributed by atoms with Crippen LogP contribution in [0.15, 0.2) is 23.2 Å². The molecular formula is C11H15N5O3S. The first-order valence-corrected chi connectivity index (χ1v) is 6.41. The van der Waals surface area contributed by atoms with Crippen LogP contribution in [0, 0.1) is 5.41 Å². The van der Waals surface area contributed by atoms with Crippen LogP contribution in [0.2, 0.25) is 0 Å². The Morgan fingerprint density at radius 3 is 2.65 bits per heavy atom. The van der Waals surface area contributed by atoms with Gasteiger partial charge in [-0.1, -0.05) is 17.8 Å². The molecule has 1 aromatic rings. The average Bonchev–Trinajstić information content (AvgIpc) is 2.36. The lowest BCUT2D eigenvalue weighted by Crippen LogP contribution is -2.23. The molecule has 0 heterocycles. The van der Waals surface area contributed by atoms with Crippen molar-refractivity contribution in [3.63, 3.8) is 0 Å². The molecular weight excluding hydrogens is 282 g/mol. The number of thioether (sulfide) groups is 1. The van der Waals surface area contributed by atoms with Gasteiger partial charge in [0, 0.05) is 11.3 Å². The van der Waals surface area contributed by atoms with Crippen LogP contribution in [0.4, 0.5) is 0 Å². The fourth-order valence-electron chi connectivity index (χ4n) is 1.35. The topological polar surface area (TPSA) is 172 Å². The largest absolute Gasteiger partial charge is 0.508 e. The first kappa shape index (κ1) is 15.8. The van der Waals surface area contributed by atoms with Crippen LogP contribution in [0.3, 0.4) is 0 Å². The number of carboxylic acid groups (broad SMARTS) is 1. The standard InChI is InChI=1S/C11H15N5O3S/c12-8(9(18)19)5-1-2-7(17)6(3-5)4-20-11(15)16-10(13)14/h1-3,8,17H,4,12H2,(H,18,19)(H5,13,14,15,16). The summed E-state index contributed by atoms with van der Waals surface area (Å²) in [5.41, 5.74) is 16.6. The number of aromatic hydroxyl groups is 1. The zero-order chi connectivity index (χ0) is 15.3. The number of nitrogens with one attached hydrogen (secondary N) is 1. The van der Waals surface area contributed by atoms with Gasteiger partial charge in [-0.2, -0.15) is 4.99 Å². The third-order valence-corrected chi connectivity index (χ3v) is 3.14. The number of carbonyl (C=O) groups is 1. The van der Waals surface area contributed by atoms with Crippen molar-refractivity contribution in [1.82, 2.24) is 0 Å². The van der Waals surface area contributed by atoms with E-state index in [4.69, 9.17) is 27.7 Å². The van der Waals surface area contributed by atoms with Gasteiger partial charge >= 0.3 is 5.97 Å². The monoisotopic (exact) mass is 297 g/mol. The molecule has 1 aromatic carbocycles. The molecule has 0 aliphatic heterocycles. The van der Waals surface area contributed by atoms with Gasteiger partial charge in [0.25, 0.3) is 0 Å². The molecule has 20 heavy (non-hydrogen) atoms. The molecule has 108 valence electrons. The van der Waals surface area contributed by atoms with Crippen LogP contribution in [-0.2, 0) is 10.5 Å². The number of guanidine groups is 1. The number of carboxylic acids is 1. The van der Waals surface area contributed by atoms with Crippen molar-refractivity contribution in [2.24, 2.45) is 22.2 Å². The second-order valence-electron chi connectivity index (χ2n) is 3.83. The molecule has 8 nitrogen and oxygen atoms in total. The van der Waals surface area contributed by atoms with E-state index < -0.39 is 12.0 Å². The molecule has 0 radical (unpaired) electrons. The van der Waals surface area contributed by atoms with Crippen LogP contribution in [0.25, 0.3) is 0 Å². The van der Waals surface area contributed by atoms with Crippen molar-refractivity contribution in [2.75, 3.05) is 0 Å². The lowest BCUT2D eigenvalue weighted by atomic mass is 10.0. The number of nitrogens with zero attached hydrogens (tertiary/aromatic N) is 1. The lowest BCUT2D eigenvalue weighted by Gasteiger charge is -2.10. The maximum atomic E-state index is 10.8. The summed E-state index contributed by atoms with van der Waals surface area (Å²) in [5.74, 6) is -1.20. The van der Waals surface area contributed by atoms with Gasteiger partial charge in [0.2, 0.25) is 0 Å². The Morgan fingerprint density at radius 1 is 1.45 bits per heavy atom. The number of phenols is 1. The van der Waals surface area contributed by atoms with E-state index in [1.165, 1.54) is 18.2 Å². The van der Waals surface area contributed by atoms with Crippen LogP contribution in [0.1, 0.15) is 17.2 Å². The van der Waals surface area contributed by atoms with Gasteiger partial charge in [-0.3, -0.25) is 10.2 Å². The molecule has 0 bridgehead atoms. The summed E-state index contributed by atoms with van der Waals surface area (Å²) in [5, 5.41) is 25.9. The highest BCUT2D eigenvalue weighted by Gasteiger charge is 2.16. The Hall–Kier alpha value is -2.26. The number of phenolic OH excluding ortho intramolecular Hbond substituents is 1. The highest BCUT2D eigenvalue weighted by Crippen LogP contribution is 2.26. The van der Waals surface area contributed by atoms with Crippen molar-refractivity contribution in [2.45, 2.75) is 11.8 Å². The van der Waals surface area contributed by atoms with E-state index in [2.05, 4.69) is 4.99 Å². The summed E-state index contributed by atoms with van der Waals surface area (Å²) in [7, 11) is 0. The molecule has 0 amide bonds. The first-order valence-electron chi connectivity index (χ1n) is 5.42. The van der Waals surface area contributed by atoms with E-state index in [1.54, 1.807) is 0 Å². The molecule has 1 atom stereocenters. The Balaban J connectivity index is 2.85. The molecule has 0 saturated heterocycles. The second-order valence-corrected chi connectivity index (χ2v) is 4.80. The minimum atomic E-state index is -1.17. The zero-order valence-corrected chi connectivity index (χ0v) is 11.2. The van der Waals surface area contributed by atoms with Crippen molar-refractivity contribution in [1.29, 1.82) is 5.41 Å². The number of aliphatic imine (C=N–C) groups is 1. The molecule has 0 aromatic heterocycles. The Kier molecular flexibility index (Phi) is 5.35. The Bertz CT molecular complexity index is 557. The number of hydrogen-bond acceptors (Lipinski definition) is 5. The van der Waals surface area contributed by atoms with Gasteiger partial charge in [0.05, 0.1) is 0 Å². The predicted molar refractivity (Wildman–Crippen MR) is 77.5 cm³/mol. The first-order chi connectivity index (χ1) is 9.31. The normalized spacial score (nSPS) is 11.7. The summed E-state index contributed by atoms with van der Waals surface area (Å²) >= 11 is 0.988. The maximum Gasteiger partial charge on any atom is 0.325 e. The molecule has 0 fully saturated rings. The quantitative estimate of drug-likeness (QED) is 0.333. The molecule has 0 aliphatic rings. The molecule has 9 heteroatoms. The molecule has 0 saturated carbocycles. The van der Waals surface area contributed by atoms with E-state index in [0.717, 1.165) is 11.8 Å². The minimum Gasteiger partial charge on any atom is -0.508 e. The van der Waals surface area contributed by atoms with Crippen LogP contribution < -0.4 is 17.2 Å². The molecule has 1 unspecified atom stereocenters. The lowest BCUT2D eigenvalue weighted by molar-refractivity contribution is -0.138. The van der Waals surface area contributed by atoms with Crippen LogP contribution in [-0.4, -0.2) is 27.3 Å². The summed E-state index contributed by atoms with van der Waals surface area (Å²) in [6, 6.07) is 3.10. The summed E-state index contributed by atoms with van der Waals surface area (Å²) < 4.78 is 0. The Labute approximate surface area is 119 Å². The number of aliphatic carboxylic acids is 1. The molecule has 1 rings (SSSR count). The zero-order valence-electron chi connectivity index (χ0n) is 10.4. The van der Waals surface area contributed by atoms with Gasteiger partial charge in [0.1, 0.15) is 11.8 Å². The third kappa shape index (κ3) is 4.44. The smallest absolute Gasteiger partial charge is 0.325 e. The van der Waals surface area contributed by atoms with Crippen LogP contribution in [0.5, 0.6) is 5.75 Å². The van der Waals surface area contributed by atoms with Gasteiger partial charge in [-0.25, -0.2) is 0 Å². The molecule has 0 spiro atoms. The highest BCUT2D eigenvalue weighted by atomic mass is 32.2. The maximum absolute atomic E-state index is 10.8. The minimum absolute atomic E-state index is 0.0173. The number of rotatable bonds is 4. The van der Waals surface area contributed by atoms with Crippen molar-refractivity contribution in [3.8, 4) is 5.75 Å². The number of benzene rings is 1. The van der Waals surface area contributed by atoms with Gasteiger partial charge < -0.3 is 27.4 Å². The van der Waals surface area contributed by atoms with Gasteiger partial charge in [-0.05, 0) is 17.7 Å². The van der Waals surface area contributed by atoms with Crippen molar-refractivity contribution < 1.29 is 15.0 Å². The average molecular weight is 297 g/mol. The highest BCUT2D eigenvalue weighted by molar-refractivity contribution is 8.13. The fraction of sp³-hybridized carbons (Fsp3) is 0.182. The van der Waals surface area contributed by atoms with Crippen molar-refractivity contribution >= 4 is 28.9 Å².